The minimum Gasteiger partial charge on any atom is -0.488 e. The number of hydrogen-bond acceptors (Lipinski definition) is 5. The molecular formula is C13H16N2O3. The molecule has 2 aliphatic rings. The third-order valence-corrected chi connectivity index (χ3v) is 3.67. The highest BCUT2D eigenvalue weighted by molar-refractivity contribution is 6.00. The largest absolute Gasteiger partial charge is 0.488 e. The van der Waals surface area contributed by atoms with Crippen molar-refractivity contribution in [1.82, 2.24) is 0 Å². The van der Waals surface area contributed by atoms with Crippen LogP contribution in [0.25, 0.3) is 0 Å². The van der Waals surface area contributed by atoms with Crippen LogP contribution in [-0.2, 0) is 4.74 Å². The number of methoxy groups -OCH3 is 1. The Kier molecular flexibility index (Phi) is 2.54. The monoisotopic (exact) mass is 248 g/mol. The maximum Gasteiger partial charge on any atom is 0.343 e. The molecule has 0 aliphatic carbocycles. The molecule has 0 radical (unpaired) electrons. The Morgan fingerprint density at radius 1 is 1.56 bits per heavy atom. The van der Waals surface area contributed by atoms with Crippen LogP contribution in [0.5, 0.6) is 5.75 Å². The van der Waals surface area contributed by atoms with Gasteiger partial charge in [0.1, 0.15) is 12.2 Å². The highest BCUT2D eigenvalue weighted by atomic mass is 16.5. The van der Waals surface area contributed by atoms with E-state index in [0.717, 1.165) is 25.1 Å². The Balaban J connectivity index is 2.12. The van der Waals surface area contributed by atoms with Gasteiger partial charge in [0, 0.05) is 6.54 Å². The molecule has 18 heavy (non-hydrogen) atoms. The van der Waals surface area contributed by atoms with E-state index in [0.29, 0.717) is 29.6 Å². The Morgan fingerprint density at radius 3 is 3.17 bits per heavy atom. The molecule has 0 spiro atoms. The van der Waals surface area contributed by atoms with Crippen LogP contribution in [0.15, 0.2) is 12.1 Å². The second kappa shape index (κ2) is 4.08. The fraction of sp³-hybridized carbons (Fsp3) is 0.462. The van der Waals surface area contributed by atoms with Gasteiger partial charge in [0.05, 0.1) is 24.5 Å². The van der Waals surface area contributed by atoms with E-state index in [1.165, 1.54) is 7.11 Å². The Bertz CT molecular complexity index is 501. The predicted molar refractivity (Wildman–Crippen MR) is 68.1 cm³/mol. The number of carbonyl (C=O) groups excluding carboxylic acids is 1. The van der Waals surface area contributed by atoms with Gasteiger partial charge in [0.15, 0.2) is 5.75 Å². The topological polar surface area (TPSA) is 64.8 Å². The number of carbonyl (C=O) groups is 1. The van der Waals surface area contributed by atoms with Crippen LogP contribution < -0.4 is 15.4 Å². The van der Waals surface area contributed by atoms with Gasteiger partial charge in [0.25, 0.3) is 0 Å². The van der Waals surface area contributed by atoms with Crippen LogP contribution in [0.2, 0.25) is 0 Å². The summed E-state index contributed by atoms with van der Waals surface area (Å²) in [6.45, 7) is 1.62. The SMILES string of the molecule is COC(=O)c1c(N)ccc2c1OCC1CCCN21. The summed E-state index contributed by atoms with van der Waals surface area (Å²) in [5, 5.41) is 0. The van der Waals surface area contributed by atoms with Gasteiger partial charge in [-0.1, -0.05) is 0 Å². The van der Waals surface area contributed by atoms with Crippen molar-refractivity contribution < 1.29 is 14.3 Å². The summed E-state index contributed by atoms with van der Waals surface area (Å²) in [7, 11) is 1.35. The number of fused-ring (bicyclic) bond motifs is 3. The normalized spacial score (nSPS) is 20.9. The minimum absolute atomic E-state index is 0.348. The summed E-state index contributed by atoms with van der Waals surface area (Å²) >= 11 is 0. The molecule has 1 saturated heterocycles. The van der Waals surface area contributed by atoms with E-state index >= 15 is 0 Å². The van der Waals surface area contributed by atoms with Crippen molar-refractivity contribution in [3.8, 4) is 5.75 Å². The van der Waals surface area contributed by atoms with Crippen LogP contribution in [0, 0.1) is 0 Å². The van der Waals surface area contributed by atoms with Gasteiger partial charge >= 0.3 is 5.97 Å². The van der Waals surface area contributed by atoms with E-state index < -0.39 is 5.97 Å². The van der Waals surface area contributed by atoms with Crippen molar-refractivity contribution in [2.75, 3.05) is 30.9 Å². The van der Waals surface area contributed by atoms with Crippen molar-refractivity contribution in [2.45, 2.75) is 18.9 Å². The zero-order valence-corrected chi connectivity index (χ0v) is 10.3. The molecule has 1 aromatic carbocycles. The number of nitrogens with zero attached hydrogens (tertiary/aromatic N) is 1. The molecule has 1 fully saturated rings. The van der Waals surface area contributed by atoms with Crippen molar-refractivity contribution in [3.05, 3.63) is 17.7 Å². The van der Waals surface area contributed by atoms with Crippen molar-refractivity contribution in [3.63, 3.8) is 0 Å². The number of hydrogen-bond donors (Lipinski definition) is 1. The number of rotatable bonds is 1. The lowest BCUT2D eigenvalue weighted by molar-refractivity contribution is 0.0596. The zero-order valence-electron chi connectivity index (χ0n) is 10.3. The van der Waals surface area contributed by atoms with Crippen LogP contribution in [0.4, 0.5) is 11.4 Å². The predicted octanol–water partition coefficient (Wildman–Crippen LogP) is 1.42. The third-order valence-electron chi connectivity index (χ3n) is 3.67. The molecule has 0 amide bonds. The van der Waals surface area contributed by atoms with Crippen LogP contribution in [-0.4, -0.2) is 32.3 Å². The first-order valence-electron chi connectivity index (χ1n) is 6.12. The first-order valence-corrected chi connectivity index (χ1v) is 6.12. The van der Waals surface area contributed by atoms with Crippen molar-refractivity contribution in [1.29, 1.82) is 0 Å². The molecule has 1 atom stereocenters. The van der Waals surface area contributed by atoms with E-state index in [1.807, 2.05) is 6.07 Å². The Hall–Kier alpha value is -1.91. The third kappa shape index (κ3) is 1.50. The zero-order chi connectivity index (χ0) is 12.7. The quantitative estimate of drug-likeness (QED) is 0.601. The second-order valence-electron chi connectivity index (χ2n) is 4.67. The molecule has 2 aliphatic heterocycles. The average Bonchev–Trinajstić information content (AvgIpc) is 2.86. The molecular weight excluding hydrogens is 232 g/mol. The Labute approximate surface area is 105 Å². The van der Waals surface area contributed by atoms with Crippen LogP contribution >= 0.6 is 0 Å². The minimum atomic E-state index is -0.443. The summed E-state index contributed by atoms with van der Waals surface area (Å²) in [6.07, 6.45) is 2.29. The van der Waals surface area contributed by atoms with Crippen LogP contribution in [0.3, 0.4) is 0 Å². The summed E-state index contributed by atoms with van der Waals surface area (Å²) in [6, 6.07) is 4.09. The first-order chi connectivity index (χ1) is 8.72. The lowest BCUT2D eigenvalue weighted by Crippen LogP contribution is -2.38. The number of nitrogens with two attached hydrogens (primary N) is 1. The smallest absolute Gasteiger partial charge is 0.343 e. The maximum absolute atomic E-state index is 11.8. The molecule has 1 aromatic rings. The Morgan fingerprint density at radius 2 is 2.39 bits per heavy atom. The summed E-state index contributed by atoms with van der Waals surface area (Å²) in [5.41, 5.74) is 7.56. The molecule has 1 unspecified atom stereocenters. The molecule has 0 bridgehead atoms. The standard InChI is InChI=1S/C13H16N2O3/c1-17-13(16)11-9(14)4-5-10-12(11)18-7-8-3-2-6-15(8)10/h4-5,8H,2-3,6-7,14H2,1H3. The van der Waals surface area contributed by atoms with E-state index in [-0.39, 0.29) is 0 Å². The van der Waals surface area contributed by atoms with Gasteiger partial charge in [-0.3, -0.25) is 0 Å². The van der Waals surface area contributed by atoms with Gasteiger partial charge in [-0.15, -0.1) is 0 Å². The summed E-state index contributed by atoms with van der Waals surface area (Å²) < 4.78 is 10.5. The molecule has 0 saturated carbocycles. The van der Waals surface area contributed by atoms with E-state index in [1.54, 1.807) is 6.07 Å². The molecule has 5 nitrogen and oxygen atoms in total. The number of ether oxygens (including phenoxy) is 2. The molecule has 96 valence electrons. The number of nitrogen functional groups attached to an aromatic ring is 1. The number of anilines is 2. The van der Waals surface area contributed by atoms with Gasteiger partial charge in [-0.25, -0.2) is 4.79 Å². The fourth-order valence-corrected chi connectivity index (χ4v) is 2.78. The fourth-order valence-electron chi connectivity index (χ4n) is 2.78. The first kappa shape index (κ1) is 11.2. The van der Waals surface area contributed by atoms with Gasteiger partial charge in [-0.05, 0) is 25.0 Å². The highest BCUT2D eigenvalue weighted by Crippen LogP contribution is 2.42. The van der Waals surface area contributed by atoms with Gasteiger partial charge in [0.2, 0.25) is 0 Å². The van der Waals surface area contributed by atoms with Crippen LogP contribution in [0.1, 0.15) is 23.2 Å². The highest BCUT2D eigenvalue weighted by Gasteiger charge is 2.34. The summed E-state index contributed by atoms with van der Waals surface area (Å²) in [5.74, 6) is 0.127. The van der Waals surface area contributed by atoms with Crippen molar-refractivity contribution in [2.24, 2.45) is 0 Å². The lowest BCUT2D eigenvalue weighted by Gasteiger charge is -2.34. The molecule has 2 heterocycles. The number of esters is 1. The lowest BCUT2D eigenvalue weighted by atomic mass is 10.1. The molecule has 2 N–H and O–H groups in total. The molecule has 3 rings (SSSR count). The average molecular weight is 248 g/mol. The van der Waals surface area contributed by atoms with E-state index in [2.05, 4.69) is 4.90 Å². The molecule has 0 aromatic heterocycles. The van der Waals surface area contributed by atoms with Gasteiger partial charge in [-0.2, -0.15) is 0 Å². The van der Waals surface area contributed by atoms with E-state index in [4.69, 9.17) is 15.2 Å². The van der Waals surface area contributed by atoms with Gasteiger partial charge < -0.3 is 20.1 Å². The van der Waals surface area contributed by atoms with E-state index in [9.17, 15) is 4.79 Å². The maximum atomic E-state index is 11.8. The van der Waals surface area contributed by atoms with Crippen molar-refractivity contribution >= 4 is 17.3 Å². The molecule has 5 heteroatoms. The number of benzene rings is 1. The summed E-state index contributed by atoms with van der Waals surface area (Å²) in [4.78, 5) is 14.1. The second-order valence-corrected chi connectivity index (χ2v) is 4.67.